The number of hydrogen-bond donors (Lipinski definition) is 1. The van der Waals surface area contributed by atoms with E-state index in [1.807, 2.05) is 38.1 Å². The average molecular weight is 528 g/mol. The minimum absolute atomic E-state index is 0.00840. The number of aliphatic hydroxyl groups excluding tert-OH is 1. The molecule has 200 valence electrons. The van der Waals surface area contributed by atoms with Gasteiger partial charge in [0.05, 0.1) is 31.9 Å². The highest BCUT2D eigenvalue weighted by Gasteiger charge is 2.44. The quantitative estimate of drug-likeness (QED) is 0.266. The molecular formula is C31H29NO7. The van der Waals surface area contributed by atoms with E-state index in [1.54, 1.807) is 48.5 Å². The molecule has 0 saturated heterocycles. The van der Waals surface area contributed by atoms with E-state index < -0.39 is 23.5 Å². The summed E-state index contributed by atoms with van der Waals surface area (Å²) in [6, 6.07) is 20.5. The molecule has 1 aliphatic rings. The van der Waals surface area contributed by atoms with Crippen molar-refractivity contribution < 1.29 is 33.3 Å². The number of ether oxygens (including phenoxy) is 3. The Morgan fingerprint density at radius 2 is 1.72 bits per heavy atom. The standard InChI is InChI=1S/C31H29NO7/c1-18(2)38-23-12-5-8-19(14-23)17-32-27(20-9-6-11-22(15-20)36-3)26(29(34)31(32)35)28(33)25-16-21-10-7-13-24(37-4)30(21)39-25/h5-16,18,27,34H,17H2,1-4H3. The summed E-state index contributed by atoms with van der Waals surface area (Å²) in [4.78, 5) is 28.9. The Morgan fingerprint density at radius 3 is 2.46 bits per heavy atom. The second kappa shape index (κ2) is 10.6. The monoisotopic (exact) mass is 527 g/mol. The molecule has 1 N–H and O–H groups in total. The number of Topliss-reactive ketones (excluding diaryl/α,β-unsaturated/α-hetero) is 1. The van der Waals surface area contributed by atoms with Crippen molar-refractivity contribution in [2.24, 2.45) is 0 Å². The smallest absolute Gasteiger partial charge is 0.290 e. The first kappa shape index (κ1) is 25.9. The summed E-state index contributed by atoms with van der Waals surface area (Å²) >= 11 is 0. The molecule has 0 aliphatic carbocycles. The lowest BCUT2D eigenvalue weighted by molar-refractivity contribution is -0.130. The minimum atomic E-state index is -0.884. The Hall–Kier alpha value is -4.72. The van der Waals surface area contributed by atoms with Crippen molar-refractivity contribution in [1.82, 2.24) is 4.90 Å². The Labute approximate surface area is 226 Å². The molecule has 3 aromatic carbocycles. The SMILES string of the molecule is COc1cccc(C2C(C(=O)c3cc4cccc(OC)c4o3)=C(O)C(=O)N2Cc2cccc(OC(C)C)c2)c1. The van der Waals surface area contributed by atoms with Crippen molar-refractivity contribution in [3.8, 4) is 17.2 Å². The van der Waals surface area contributed by atoms with Crippen LogP contribution in [0, 0.1) is 0 Å². The molecule has 0 saturated carbocycles. The number of furan rings is 1. The van der Waals surface area contributed by atoms with Crippen LogP contribution in [0.4, 0.5) is 0 Å². The molecule has 4 aromatic rings. The predicted molar refractivity (Wildman–Crippen MR) is 145 cm³/mol. The second-order valence-corrected chi connectivity index (χ2v) is 9.51. The fourth-order valence-electron chi connectivity index (χ4n) is 4.83. The largest absolute Gasteiger partial charge is 0.503 e. The summed E-state index contributed by atoms with van der Waals surface area (Å²) in [5.41, 5.74) is 1.73. The topological polar surface area (TPSA) is 98.4 Å². The van der Waals surface area contributed by atoms with E-state index >= 15 is 0 Å². The summed E-state index contributed by atoms with van der Waals surface area (Å²) in [5.74, 6) is -0.181. The molecule has 0 radical (unpaired) electrons. The lowest BCUT2D eigenvalue weighted by Gasteiger charge is -2.27. The maximum atomic E-state index is 13.9. The molecule has 0 spiro atoms. The van der Waals surface area contributed by atoms with E-state index in [-0.39, 0.29) is 24.0 Å². The van der Waals surface area contributed by atoms with Gasteiger partial charge in [0.15, 0.2) is 22.9 Å². The van der Waals surface area contributed by atoms with Gasteiger partial charge in [-0.15, -0.1) is 0 Å². The maximum Gasteiger partial charge on any atom is 0.290 e. The third-order valence-corrected chi connectivity index (χ3v) is 6.53. The fraction of sp³-hybridized carbons (Fsp3) is 0.226. The molecule has 8 heteroatoms. The number of methoxy groups -OCH3 is 2. The average Bonchev–Trinajstić information content (AvgIpc) is 3.48. The number of carbonyl (C=O) groups is 2. The number of nitrogens with zero attached hydrogens (tertiary/aromatic N) is 1. The Morgan fingerprint density at radius 1 is 0.974 bits per heavy atom. The van der Waals surface area contributed by atoms with Crippen LogP contribution in [-0.2, 0) is 11.3 Å². The van der Waals surface area contributed by atoms with Gasteiger partial charge in [-0.25, -0.2) is 0 Å². The van der Waals surface area contributed by atoms with Gasteiger partial charge in [-0.1, -0.05) is 36.4 Å². The number of amides is 1. The van der Waals surface area contributed by atoms with E-state index in [2.05, 4.69) is 0 Å². The third kappa shape index (κ3) is 4.93. The highest BCUT2D eigenvalue weighted by Crippen LogP contribution is 2.42. The van der Waals surface area contributed by atoms with Crippen LogP contribution in [0.25, 0.3) is 11.0 Å². The van der Waals surface area contributed by atoms with Crippen LogP contribution in [0.3, 0.4) is 0 Å². The summed E-state index contributed by atoms with van der Waals surface area (Å²) < 4.78 is 22.5. The molecule has 1 aromatic heterocycles. The van der Waals surface area contributed by atoms with E-state index in [4.69, 9.17) is 18.6 Å². The summed E-state index contributed by atoms with van der Waals surface area (Å²) in [6.07, 6.45) is -0.0180. The first-order chi connectivity index (χ1) is 18.8. The van der Waals surface area contributed by atoms with Gasteiger partial charge in [0.1, 0.15) is 11.5 Å². The molecule has 8 nitrogen and oxygen atoms in total. The van der Waals surface area contributed by atoms with Gasteiger partial charge in [0.25, 0.3) is 5.91 Å². The van der Waals surface area contributed by atoms with Crippen LogP contribution in [0.1, 0.15) is 41.6 Å². The van der Waals surface area contributed by atoms with Crippen molar-refractivity contribution in [3.63, 3.8) is 0 Å². The molecule has 1 amide bonds. The highest BCUT2D eigenvalue weighted by molar-refractivity contribution is 6.16. The van der Waals surface area contributed by atoms with Crippen molar-refractivity contribution in [3.05, 3.63) is 101 Å². The Balaban J connectivity index is 1.58. The van der Waals surface area contributed by atoms with E-state index in [1.165, 1.54) is 19.1 Å². The molecule has 5 rings (SSSR count). The minimum Gasteiger partial charge on any atom is -0.503 e. The number of aliphatic hydroxyl groups is 1. The molecule has 1 atom stereocenters. The number of fused-ring (bicyclic) bond motifs is 1. The normalized spacial score (nSPS) is 15.4. The molecule has 39 heavy (non-hydrogen) atoms. The first-order valence-corrected chi connectivity index (χ1v) is 12.6. The van der Waals surface area contributed by atoms with Crippen LogP contribution >= 0.6 is 0 Å². The molecule has 2 heterocycles. The van der Waals surface area contributed by atoms with Crippen LogP contribution in [0.15, 0.2) is 88.5 Å². The van der Waals surface area contributed by atoms with Crippen molar-refractivity contribution >= 4 is 22.7 Å². The lowest BCUT2D eigenvalue weighted by Crippen LogP contribution is -2.30. The number of rotatable bonds is 9. The van der Waals surface area contributed by atoms with Gasteiger partial charge in [0.2, 0.25) is 5.78 Å². The second-order valence-electron chi connectivity index (χ2n) is 9.51. The number of carbonyl (C=O) groups excluding carboxylic acids is 2. The van der Waals surface area contributed by atoms with Gasteiger partial charge < -0.3 is 28.6 Å². The maximum absolute atomic E-state index is 13.9. The van der Waals surface area contributed by atoms with Crippen LogP contribution in [0.2, 0.25) is 0 Å². The van der Waals surface area contributed by atoms with Gasteiger partial charge in [0, 0.05) is 11.9 Å². The molecule has 0 bridgehead atoms. The van der Waals surface area contributed by atoms with E-state index in [9.17, 15) is 14.7 Å². The van der Waals surface area contributed by atoms with Gasteiger partial charge in [-0.2, -0.15) is 0 Å². The number of ketones is 1. The van der Waals surface area contributed by atoms with Gasteiger partial charge in [-0.3, -0.25) is 9.59 Å². The van der Waals surface area contributed by atoms with Crippen molar-refractivity contribution in [2.45, 2.75) is 32.5 Å². The van der Waals surface area contributed by atoms with Crippen LogP contribution in [0.5, 0.6) is 17.2 Å². The zero-order chi connectivity index (χ0) is 27.7. The number of benzene rings is 3. The van der Waals surface area contributed by atoms with Gasteiger partial charge >= 0.3 is 0 Å². The molecule has 0 fully saturated rings. The van der Waals surface area contributed by atoms with E-state index in [0.717, 1.165) is 5.56 Å². The highest BCUT2D eigenvalue weighted by atomic mass is 16.5. The Kier molecular flexibility index (Phi) is 7.02. The molecular weight excluding hydrogens is 498 g/mol. The zero-order valence-electron chi connectivity index (χ0n) is 22.1. The molecule has 1 aliphatic heterocycles. The van der Waals surface area contributed by atoms with Crippen LogP contribution < -0.4 is 14.2 Å². The number of hydrogen-bond acceptors (Lipinski definition) is 7. The van der Waals surface area contributed by atoms with Crippen molar-refractivity contribution in [1.29, 1.82) is 0 Å². The first-order valence-electron chi connectivity index (χ1n) is 12.6. The van der Waals surface area contributed by atoms with Crippen molar-refractivity contribution in [2.75, 3.05) is 14.2 Å². The predicted octanol–water partition coefficient (Wildman–Crippen LogP) is 6.02. The lowest BCUT2D eigenvalue weighted by atomic mass is 9.94. The van der Waals surface area contributed by atoms with Gasteiger partial charge in [-0.05, 0) is 61.4 Å². The van der Waals surface area contributed by atoms with E-state index in [0.29, 0.717) is 33.8 Å². The fourth-order valence-corrected chi connectivity index (χ4v) is 4.83. The summed E-state index contributed by atoms with van der Waals surface area (Å²) in [6.45, 7) is 4.00. The summed E-state index contributed by atoms with van der Waals surface area (Å²) in [5, 5.41) is 11.8. The Bertz CT molecular complexity index is 1580. The summed E-state index contributed by atoms with van der Waals surface area (Å²) in [7, 11) is 3.05. The van der Waals surface area contributed by atoms with Crippen LogP contribution in [-0.4, -0.2) is 42.0 Å². The molecule has 1 unspecified atom stereocenters. The zero-order valence-corrected chi connectivity index (χ0v) is 22.1. The third-order valence-electron chi connectivity index (χ3n) is 6.53. The number of para-hydroxylation sites is 1.